The van der Waals surface area contributed by atoms with Crippen LogP contribution in [0.4, 0.5) is 16.2 Å². The van der Waals surface area contributed by atoms with Gasteiger partial charge in [0, 0.05) is 19.3 Å². The molecule has 5 heteroatoms. The predicted octanol–water partition coefficient (Wildman–Crippen LogP) is 3.59. The minimum Gasteiger partial charge on any atom is -0.378 e. The van der Waals surface area contributed by atoms with Crippen LogP contribution in [0.2, 0.25) is 0 Å². The zero-order valence-corrected chi connectivity index (χ0v) is 14.5. The van der Waals surface area contributed by atoms with Crippen molar-refractivity contribution in [1.82, 2.24) is 5.32 Å². The lowest BCUT2D eigenvalue weighted by molar-refractivity contribution is 0.123. The summed E-state index contributed by atoms with van der Waals surface area (Å²) >= 11 is 0. The predicted molar refractivity (Wildman–Crippen MR) is 94.8 cm³/mol. The fourth-order valence-corrected chi connectivity index (χ4v) is 2.21. The summed E-state index contributed by atoms with van der Waals surface area (Å²) < 4.78 is 5.39. The van der Waals surface area contributed by atoms with Crippen LogP contribution < -0.4 is 15.5 Å². The normalized spacial score (nSPS) is 16.2. The molecule has 5 nitrogen and oxygen atoms in total. The SMILES string of the molecule is C/C(=C\NC(=O)Nc1ccccc1N1CCOCC1)C(C)(C)C. The Morgan fingerprint density at radius 3 is 2.52 bits per heavy atom. The number of ether oxygens (including phenoxy) is 1. The summed E-state index contributed by atoms with van der Waals surface area (Å²) in [5.41, 5.74) is 3.00. The number of hydrogen-bond acceptors (Lipinski definition) is 3. The molecule has 0 radical (unpaired) electrons. The lowest BCUT2D eigenvalue weighted by Gasteiger charge is -2.30. The maximum Gasteiger partial charge on any atom is 0.323 e. The van der Waals surface area contributed by atoms with Crippen LogP contribution in [0.15, 0.2) is 36.0 Å². The molecule has 0 unspecified atom stereocenters. The number of rotatable bonds is 3. The first-order valence-electron chi connectivity index (χ1n) is 8.04. The number of carbonyl (C=O) groups is 1. The summed E-state index contributed by atoms with van der Waals surface area (Å²) in [5.74, 6) is 0. The van der Waals surface area contributed by atoms with Gasteiger partial charge in [-0.3, -0.25) is 0 Å². The maximum absolute atomic E-state index is 12.2. The third kappa shape index (κ3) is 4.99. The first-order valence-corrected chi connectivity index (χ1v) is 8.04. The molecule has 2 N–H and O–H groups in total. The van der Waals surface area contributed by atoms with Gasteiger partial charge in [0.25, 0.3) is 0 Å². The number of urea groups is 1. The second-order valence-corrected chi connectivity index (χ2v) is 6.79. The van der Waals surface area contributed by atoms with Crippen molar-refractivity contribution in [3.8, 4) is 0 Å². The van der Waals surface area contributed by atoms with Gasteiger partial charge in [-0.05, 0) is 24.5 Å². The highest BCUT2D eigenvalue weighted by Crippen LogP contribution is 2.26. The van der Waals surface area contributed by atoms with Crippen molar-refractivity contribution >= 4 is 17.4 Å². The molecule has 2 rings (SSSR count). The van der Waals surface area contributed by atoms with Crippen molar-refractivity contribution in [2.45, 2.75) is 27.7 Å². The van der Waals surface area contributed by atoms with Crippen LogP contribution in [-0.4, -0.2) is 32.3 Å². The highest BCUT2D eigenvalue weighted by atomic mass is 16.5. The third-order valence-corrected chi connectivity index (χ3v) is 4.11. The molecule has 0 saturated carbocycles. The van der Waals surface area contributed by atoms with Crippen LogP contribution in [0.3, 0.4) is 0 Å². The fraction of sp³-hybridized carbons (Fsp3) is 0.500. The van der Waals surface area contributed by atoms with Gasteiger partial charge in [-0.25, -0.2) is 4.79 Å². The topological polar surface area (TPSA) is 53.6 Å². The second-order valence-electron chi connectivity index (χ2n) is 6.79. The Balaban J connectivity index is 2.04. The number of amides is 2. The number of benzene rings is 1. The largest absolute Gasteiger partial charge is 0.378 e. The molecular formula is C18H27N3O2. The molecule has 0 aromatic heterocycles. The van der Waals surface area contributed by atoms with Gasteiger partial charge in [-0.2, -0.15) is 0 Å². The van der Waals surface area contributed by atoms with Crippen molar-refractivity contribution in [3.63, 3.8) is 0 Å². The average Bonchev–Trinajstić information content (AvgIpc) is 2.53. The van der Waals surface area contributed by atoms with Crippen LogP contribution in [-0.2, 0) is 4.74 Å². The van der Waals surface area contributed by atoms with Crippen LogP contribution in [0, 0.1) is 5.41 Å². The Bertz CT molecular complexity index is 570. The molecule has 126 valence electrons. The molecule has 0 atom stereocenters. The number of morpholine rings is 1. The average molecular weight is 317 g/mol. The van der Waals surface area contributed by atoms with Gasteiger partial charge in [0.15, 0.2) is 0 Å². The van der Waals surface area contributed by atoms with Gasteiger partial charge >= 0.3 is 6.03 Å². The van der Waals surface area contributed by atoms with Gasteiger partial charge in [-0.15, -0.1) is 0 Å². The maximum atomic E-state index is 12.2. The Morgan fingerprint density at radius 2 is 1.87 bits per heavy atom. The first-order chi connectivity index (χ1) is 10.9. The number of nitrogens with zero attached hydrogens (tertiary/aromatic N) is 1. The number of hydrogen-bond donors (Lipinski definition) is 2. The summed E-state index contributed by atoms with van der Waals surface area (Å²) in [6.07, 6.45) is 1.77. The van der Waals surface area contributed by atoms with Gasteiger partial charge in [0.2, 0.25) is 0 Å². The van der Waals surface area contributed by atoms with Crippen molar-refractivity contribution < 1.29 is 9.53 Å². The molecule has 0 aliphatic carbocycles. The minimum absolute atomic E-state index is 0.0407. The van der Waals surface area contributed by atoms with Crippen LogP contribution in [0.5, 0.6) is 0 Å². The van der Waals surface area contributed by atoms with Crippen molar-refractivity contribution in [2.24, 2.45) is 5.41 Å². The molecule has 0 bridgehead atoms. The van der Waals surface area contributed by atoms with E-state index < -0.39 is 0 Å². The lowest BCUT2D eigenvalue weighted by Crippen LogP contribution is -2.37. The summed E-state index contributed by atoms with van der Waals surface area (Å²) in [4.78, 5) is 14.4. The molecular weight excluding hydrogens is 290 g/mol. The third-order valence-electron chi connectivity index (χ3n) is 4.11. The Labute approximate surface area is 138 Å². The fourth-order valence-electron chi connectivity index (χ4n) is 2.21. The Kier molecular flexibility index (Phi) is 5.66. The minimum atomic E-state index is -0.227. The van der Waals surface area contributed by atoms with Crippen molar-refractivity contribution in [3.05, 3.63) is 36.0 Å². The number of carbonyl (C=O) groups excluding carboxylic acids is 1. The number of anilines is 2. The standard InChI is InChI=1S/C18H27N3O2/c1-14(18(2,3)4)13-19-17(22)20-15-7-5-6-8-16(15)21-9-11-23-12-10-21/h5-8,13H,9-12H2,1-4H3,(H2,19,20,22)/b14-13+. The van der Waals surface area contributed by atoms with E-state index in [4.69, 9.17) is 4.74 Å². The van der Waals surface area contributed by atoms with E-state index in [-0.39, 0.29) is 11.4 Å². The molecule has 1 saturated heterocycles. The molecule has 23 heavy (non-hydrogen) atoms. The molecule has 1 aromatic carbocycles. The number of nitrogens with one attached hydrogen (secondary N) is 2. The zero-order valence-electron chi connectivity index (χ0n) is 14.5. The van der Waals surface area contributed by atoms with E-state index in [1.165, 1.54) is 0 Å². The summed E-state index contributed by atoms with van der Waals surface area (Å²) in [6.45, 7) is 11.5. The molecule has 2 amide bonds. The van der Waals surface area contributed by atoms with E-state index in [1.54, 1.807) is 6.20 Å². The first kappa shape index (κ1) is 17.3. The van der Waals surface area contributed by atoms with Crippen LogP contribution in [0.1, 0.15) is 27.7 Å². The highest BCUT2D eigenvalue weighted by Gasteiger charge is 2.16. The smallest absolute Gasteiger partial charge is 0.323 e. The van der Waals surface area contributed by atoms with Gasteiger partial charge in [-0.1, -0.05) is 38.5 Å². The van der Waals surface area contributed by atoms with Crippen LogP contribution >= 0.6 is 0 Å². The molecule has 1 heterocycles. The molecule has 1 aliphatic heterocycles. The monoisotopic (exact) mass is 317 g/mol. The molecule has 1 aromatic rings. The van der Waals surface area contributed by atoms with Gasteiger partial charge < -0.3 is 20.3 Å². The summed E-state index contributed by atoms with van der Waals surface area (Å²) in [6, 6.07) is 7.63. The van der Waals surface area contributed by atoms with E-state index >= 15 is 0 Å². The molecule has 1 fully saturated rings. The van der Waals surface area contributed by atoms with Crippen LogP contribution in [0.25, 0.3) is 0 Å². The quantitative estimate of drug-likeness (QED) is 0.895. The van der Waals surface area contributed by atoms with Gasteiger partial charge in [0.05, 0.1) is 24.6 Å². The van der Waals surface area contributed by atoms with Crippen molar-refractivity contribution in [1.29, 1.82) is 0 Å². The zero-order chi connectivity index (χ0) is 16.9. The summed E-state index contributed by atoms with van der Waals surface area (Å²) in [7, 11) is 0. The van der Waals surface area contributed by atoms with E-state index in [1.807, 2.05) is 31.2 Å². The summed E-state index contributed by atoms with van der Waals surface area (Å²) in [5, 5.41) is 5.75. The Morgan fingerprint density at radius 1 is 1.22 bits per heavy atom. The number of para-hydroxylation sites is 2. The van der Waals surface area contributed by atoms with E-state index in [9.17, 15) is 4.79 Å². The molecule has 0 spiro atoms. The van der Waals surface area contributed by atoms with E-state index in [0.29, 0.717) is 13.2 Å². The molecule has 1 aliphatic rings. The second kappa shape index (κ2) is 7.51. The number of allylic oxidation sites excluding steroid dienone is 1. The lowest BCUT2D eigenvalue weighted by atomic mass is 9.88. The highest BCUT2D eigenvalue weighted by molar-refractivity contribution is 5.93. The van der Waals surface area contributed by atoms with Crippen molar-refractivity contribution in [2.75, 3.05) is 36.5 Å². The van der Waals surface area contributed by atoms with E-state index in [0.717, 1.165) is 30.0 Å². The van der Waals surface area contributed by atoms with E-state index in [2.05, 4.69) is 36.3 Å². The van der Waals surface area contributed by atoms with Gasteiger partial charge in [0.1, 0.15) is 0 Å². The Hall–Kier alpha value is -2.01.